The number of hydrogen-bond donors (Lipinski definition) is 0. The quantitative estimate of drug-likeness (QED) is 0.302. The lowest BCUT2D eigenvalue weighted by molar-refractivity contribution is -0.140. The summed E-state index contributed by atoms with van der Waals surface area (Å²) in [7, 11) is 1.33. The summed E-state index contributed by atoms with van der Waals surface area (Å²) >= 11 is 11.1. The highest BCUT2D eigenvalue weighted by Gasteiger charge is 2.21. The molecule has 0 unspecified atom stereocenters. The molecule has 76 valence electrons. The third kappa shape index (κ3) is 6.84. The molecule has 0 fully saturated rings. The fourth-order valence-corrected chi connectivity index (χ4v) is 1.06. The minimum Gasteiger partial charge on any atom is -0.469 e. The van der Waals surface area contributed by atoms with E-state index in [1.165, 1.54) is 7.11 Å². The van der Waals surface area contributed by atoms with Gasteiger partial charge in [0.15, 0.2) is 10.6 Å². The second kappa shape index (κ2) is 6.22. The average molecular weight is 227 g/mol. The highest BCUT2D eigenvalue weighted by molar-refractivity contribution is 6.55. The average Bonchev–Trinajstić information content (AvgIpc) is 2.12. The van der Waals surface area contributed by atoms with Gasteiger partial charge in [0.05, 0.1) is 7.11 Å². The van der Waals surface area contributed by atoms with Crippen molar-refractivity contribution >= 4 is 35.5 Å². The zero-order valence-electron chi connectivity index (χ0n) is 7.39. The van der Waals surface area contributed by atoms with E-state index in [1.54, 1.807) is 0 Å². The maximum Gasteiger partial charge on any atom is 0.305 e. The molecule has 0 heterocycles. The van der Waals surface area contributed by atoms with Crippen molar-refractivity contribution in [1.29, 1.82) is 0 Å². The number of hydrogen-bond acceptors (Lipinski definition) is 3. The molecule has 0 spiro atoms. The van der Waals surface area contributed by atoms with E-state index in [0.717, 1.165) is 0 Å². The number of rotatable bonds is 6. The molecule has 0 radical (unpaired) electrons. The van der Waals surface area contributed by atoms with Crippen LogP contribution in [0.2, 0.25) is 0 Å². The van der Waals surface area contributed by atoms with Crippen molar-refractivity contribution in [2.45, 2.75) is 30.0 Å². The van der Waals surface area contributed by atoms with E-state index in [0.29, 0.717) is 32.0 Å². The summed E-state index contributed by atoms with van der Waals surface area (Å²) < 4.78 is 3.12. The Morgan fingerprint density at radius 3 is 2.54 bits per heavy atom. The second-order valence-corrected chi connectivity index (χ2v) is 4.20. The summed E-state index contributed by atoms with van der Waals surface area (Å²) in [5.41, 5.74) is 0. The first-order valence-electron chi connectivity index (χ1n) is 3.93. The lowest BCUT2D eigenvalue weighted by Crippen LogP contribution is -2.14. The summed E-state index contributed by atoms with van der Waals surface area (Å²) in [6.45, 7) is 0. The maximum atomic E-state index is 10.6. The van der Waals surface area contributed by atoms with Crippen LogP contribution in [0.5, 0.6) is 0 Å². The Balaban J connectivity index is 3.46. The van der Waals surface area contributed by atoms with Crippen molar-refractivity contribution in [2.24, 2.45) is 0 Å². The molecule has 0 aliphatic heterocycles. The van der Waals surface area contributed by atoms with Crippen LogP contribution in [0.4, 0.5) is 0 Å². The van der Waals surface area contributed by atoms with E-state index in [-0.39, 0.29) is 5.97 Å². The maximum absolute atomic E-state index is 10.6. The highest BCUT2D eigenvalue weighted by atomic mass is 35.5. The summed E-state index contributed by atoms with van der Waals surface area (Å²) in [6, 6.07) is 0. The first-order chi connectivity index (χ1) is 6.02. The molecule has 0 aliphatic rings. The summed E-state index contributed by atoms with van der Waals surface area (Å²) in [4.78, 5) is 20.9. The first kappa shape index (κ1) is 12.7. The highest BCUT2D eigenvalue weighted by Crippen LogP contribution is 2.25. The van der Waals surface area contributed by atoms with Crippen molar-refractivity contribution in [1.82, 2.24) is 0 Å². The van der Waals surface area contributed by atoms with Crippen LogP contribution in [0.15, 0.2) is 0 Å². The van der Waals surface area contributed by atoms with Gasteiger partial charge in [-0.25, -0.2) is 0 Å². The monoisotopic (exact) mass is 226 g/mol. The number of carbonyl (C=O) groups excluding carboxylic acids is 2. The molecular formula is C8H12Cl2O3. The van der Waals surface area contributed by atoms with Gasteiger partial charge in [-0.1, -0.05) is 23.2 Å². The zero-order chi connectivity index (χ0) is 10.3. The van der Waals surface area contributed by atoms with Crippen LogP contribution in [0, 0.1) is 0 Å². The fourth-order valence-electron chi connectivity index (χ4n) is 0.791. The minimum atomic E-state index is -1.31. The normalized spacial score (nSPS) is 11.0. The van der Waals surface area contributed by atoms with Gasteiger partial charge in [-0.3, -0.25) is 4.79 Å². The number of esters is 1. The van der Waals surface area contributed by atoms with Crippen LogP contribution in [-0.4, -0.2) is 23.7 Å². The molecule has 0 rings (SSSR count). The summed E-state index contributed by atoms with van der Waals surface area (Å²) in [6.07, 6.45) is 2.44. The fraction of sp³-hybridized carbons (Fsp3) is 0.750. The SMILES string of the molecule is COC(=O)CCCCC(Cl)(Cl)C=O. The van der Waals surface area contributed by atoms with Crippen LogP contribution in [0.25, 0.3) is 0 Å². The van der Waals surface area contributed by atoms with E-state index in [9.17, 15) is 9.59 Å². The Kier molecular flexibility index (Phi) is 6.08. The number of ether oxygens (including phenoxy) is 1. The van der Waals surface area contributed by atoms with Crippen LogP contribution < -0.4 is 0 Å². The Morgan fingerprint density at radius 1 is 1.46 bits per heavy atom. The van der Waals surface area contributed by atoms with Gasteiger partial charge in [-0.2, -0.15) is 0 Å². The second-order valence-electron chi connectivity index (χ2n) is 2.66. The van der Waals surface area contributed by atoms with Crippen molar-refractivity contribution in [3.8, 4) is 0 Å². The molecule has 0 aliphatic carbocycles. The van der Waals surface area contributed by atoms with Crippen molar-refractivity contribution in [3.63, 3.8) is 0 Å². The largest absolute Gasteiger partial charge is 0.469 e. The van der Waals surface area contributed by atoms with E-state index in [4.69, 9.17) is 23.2 Å². The number of carbonyl (C=O) groups is 2. The Bertz CT molecular complexity index is 180. The van der Waals surface area contributed by atoms with E-state index < -0.39 is 4.33 Å². The van der Waals surface area contributed by atoms with E-state index >= 15 is 0 Å². The first-order valence-corrected chi connectivity index (χ1v) is 4.68. The zero-order valence-corrected chi connectivity index (χ0v) is 8.90. The van der Waals surface area contributed by atoms with Gasteiger partial charge in [0.1, 0.15) is 0 Å². The summed E-state index contributed by atoms with van der Waals surface area (Å²) in [5, 5.41) is 0. The lowest BCUT2D eigenvalue weighted by Gasteiger charge is -2.10. The minimum absolute atomic E-state index is 0.263. The molecule has 0 saturated heterocycles. The predicted octanol–water partition coefficient (Wildman–Crippen LogP) is 2.09. The molecule has 0 N–H and O–H groups in total. The molecular weight excluding hydrogens is 215 g/mol. The van der Waals surface area contributed by atoms with Gasteiger partial charge in [-0.05, 0) is 19.3 Å². The number of halogens is 2. The topological polar surface area (TPSA) is 43.4 Å². The number of unbranched alkanes of at least 4 members (excludes halogenated alkanes) is 1. The van der Waals surface area contributed by atoms with Crippen molar-refractivity contribution in [3.05, 3.63) is 0 Å². The number of alkyl halides is 2. The predicted molar refractivity (Wildman–Crippen MR) is 51.0 cm³/mol. The molecule has 0 atom stereocenters. The third-order valence-corrected chi connectivity index (χ3v) is 2.10. The standard InChI is InChI=1S/C8H12Cl2O3/c1-13-7(12)4-2-3-5-8(9,10)6-11/h6H,2-5H2,1H3. The van der Waals surface area contributed by atoms with Gasteiger partial charge in [0, 0.05) is 6.42 Å². The summed E-state index contributed by atoms with van der Waals surface area (Å²) in [5.74, 6) is -0.263. The molecule has 13 heavy (non-hydrogen) atoms. The smallest absolute Gasteiger partial charge is 0.305 e. The van der Waals surface area contributed by atoms with Crippen LogP contribution in [0.3, 0.4) is 0 Å². The van der Waals surface area contributed by atoms with Gasteiger partial charge < -0.3 is 9.53 Å². The molecule has 0 aromatic rings. The number of methoxy groups -OCH3 is 1. The van der Waals surface area contributed by atoms with E-state index in [1.807, 2.05) is 0 Å². The Morgan fingerprint density at radius 2 is 2.08 bits per heavy atom. The Labute approximate surface area is 87.3 Å². The molecule has 0 amide bonds. The Hall–Kier alpha value is -0.280. The van der Waals surface area contributed by atoms with Crippen molar-refractivity contribution in [2.75, 3.05) is 7.11 Å². The van der Waals surface area contributed by atoms with Crippen LogP contribution in [-0.2, 0) is 14.3 Å². The molecule has 0 bridgehead atoms. The van der Waals surface area contributed by atoms with Gasteiger partial charge in [0.25, 0.3) is 0 Å². The third-order valence-electron chi connectivity index (χ3n) is 1.54. The molecule has 0 aromatic heterocycles. The molecule has 5 heteroatoms. The van der Waals surface area contributed by atoms with Gasteiger partial charge in [-0.15, -0.1) is 0 Å². The molecule has 0 aromatic carbocycles. The molecule has 3 nitrogen and oxygen atoms in total. The van der Waals surface area contributed by atoms with Crippen molar-refractivity contribution < 1.29 is 14.3 Å². The van der Waals surface area contributed by atoms with Crippen LogP contribution >= 0.6 is 23.2 Å². The number of aldehydes is 1. The van der Waals surface area contributed by atoms with Crippen LogP contribution in [0.1, 0.15) is 25.7 Å². The lowest BCUT2D eigenvalue weighted by atomic mass is 10.1. The van der Waals surface area contributed by atoms with E-state index in [2.05, 4.69) is 4.74 Å². The van der Waals surface area contributed by atoms with Gasteiger partial charge in [0.2, 0.25) is 0 Å². The van der Waals surface area contributed by atoms with Gasteiger partial charge >= 0.3 is 5.97 Å². The molecule has 0 saturated carbocycles.